The molecular weight excluding hydrogens is 400 g/mol. The van der Waals surface area contributed by atoms with Crippen molar-refractivity contribution < 1.29 is 11.0 Å². The summed E-state index contributed by atoms with van der Waals surface area (Å²) < 4.78 is 19.7. The van der Waals surface area contributed by atoms with Crippen molar-refractivity contribution in [3.63, 3.8) is 0 Å². The predicted octanol–water partition coefficient (Wildman–Crippen LogP) is 4.02. The second-order valence-corrected chi connectivity index (χ2v) is 12.3. The average Bonchev–Trinajstić information content (AvgIpc) is 2.35. The van der Waals surface area contributed by atoms with Crippen molar-refractivity contribution in [3.05, 3.63) is 35.9 Å². The van der Waals surface area contributed by atoms with E-state index in [1.165, 1.54) is 36.2 Å². The molecule has 0 heterocycles. The van der Waals surface area contributed by atoms with Gasteiger partial charge >= 0.3 is 40.9 Å². The van der Waals surface area contributed by atoms with Crippen molar-refractivity contribution in [1.82, 2.24) is 0 Å². The topological polar surface area (TPSA) is 40.1 Å². The number of nitrogens with zero attached hydrogens (tertiary/aromatic N) is 1. The monoisotopic (exact) mass is 421 g/mol. The average molecular weight is 422 g/mol. The standard InChI is InChI=1S/C13H22N.Cl2HIO2/c1-4-14(5-2,6-3)12-13-10-8-7-9-11-13;1-3(2,4)5/h7-11H,4-6,12H2,1-3H3;(H,4,5)/q+1;/p-1. The van der Waals surface area contributed by atoms with Crippen molar-refractivity contribution in [3.8, 4) is 0 Å². The van der Waals surface area contributed by atoms with E-state index in [0.29, 0.717) is 0 Å². The first kappa shape index (κ1) is 19.2. The van der Waals surface area contributed by atoms with E-state index in [1.807, 2.05) is 0 Å². The Morgan fingerprint density at radius 3 is 1.74 bits per heavy atom. The van der Waals surface area contributed by atoms with Crippen LogP contribution in [0.2, 0.25) is 0 Å². The van der Waals surface area contributed by atoms with Crippen molar-refractivity contribution in [2.45, 2.75) is 27.3 Å². The molecule has 0 N–H and O–H groups in total. The van der Waals surface area contributed by atoms with Gasteiger partial charge in [0.05, 0.1) is 19.6 Å². The quantitative estimate of drug-likeness (QED) is 0.532. The molecule has 0 aliphatic heterocycles. The summed E-state index contributed by atoms with van der Waals surface area (Å²) in [4.78, 5) is 0. The fraction of sp³-hybridized carbons (Fsp3) is 0.538. The maximum atomic E-state index is 9.26. The van der Waals surface area contributed by atoms with Crippen LogP contribution in [0.15, 0.2) is 30.3 Å². The third-order valence-corrected chi connectivity index (χ3v) is 3.37. The summed E-state index contributed by atoms with van der Waals surface area (Å²) in [5.74, 6) is 0. The van der Waals surface area contributed by atoms with Gasteiger partial charge in [-0.25, -0.2) is 0 Å². The summed E-state index contributed by atoms with van der Waals surface area (Å²) in [5.41, 5.74) is 1.46. The van der Waals surface area contributed by atoms with Crippen LogP contribution in [0.3, 0.4) is 0 Å². The molecule has 0 atom stereocenters. The summed E-state index contributed by atoms with van der Waals surface area (Å²) in [5, 5.41) is 0. The number of rotatable bonds is 5. The molecule has 19 heavy (non-hydrogen) atoms. The molecule has 3 nitrogen and oxygen atoms in total. The van der Waals surface area contributed by atoms with Crippen LogP contribution in [0, 0.1) is 0 Å². The Morgan fingerprint density at radius 2 is 1.42 bits per heavy atom. The van der Waals surface area contributed by atoms with Gasteiger partial charge in [-0.1, -0.05) is 30.3 Å². The van der Waals surface area contributed by atoms with Crippen LogP contribution >= 0.6 is 34.4 Å². The van der Waals surface area contributed by atoms with E-state index in [9.17, 15) is 6.51 Å². The fourth-order valence-electron chi connectivity index (χ4n) is 1.98. The fourth-order valence-corrected chi connectivity index (χ4v) is 1.98. The maximum absolute atomic E-state index is 9.26. The van der Waals surface area contributed by atoms with Crippen LogP contribution in [0.4, 0.5) is 0 Å². The molecule has 0 amide bonds. The van der Waals surface area contributed by atoms with Crippen LogP contribution in [-0.2, 0) is 9.61 Å². The Bertz CT molecular complexity index is 374. The van der Waals surface area contributed by atoms with Gasteiger partial charge in [-0.3, -0.25) is 0 Å². The van der Waals surface area contributed by atoms with Crippen LogP contribution in [-0.4, -0.2) is 24.1 Å². The molecule has 112 valence electrons. The van der Waals surface area contributed by atoms with Gasteiger partial charge in [0, 0.05) is 5.56 Å². The van der Waals surface area contributed by atoms with Crippen molar-refractivity contribution in [2.75, 3.05) is 19.6 Å². The Kier molecular flexibility index (Phi) is 9.36. The molecule has 0 aliphatic rings. The third kappa shape index (κ3) is 9.73. The number of hydrogen-bond donors (Lipinski definition) is 0. The van der Waals surface area contributed by atoms with Gasteiger partial charge in [-0.2, -0.15) is 0 Å². The van der Waals surface area contributed by atoms with Crippen LogP contribution in [0.25, 0.3) is 0 Å². The molecule has 1 aromatic carbocycles. The van der Waals surface area contributed by atoms with E-state index >= 15 is 0 Å². The minimum absolute atomic E-state index is 1.17. The first-order valence-electron chi connectivity index (χ1n) is 6.24. The molecule has 6 heteroatoms. The molecule has 0 unspecified atom stereocenters. The van der Waals surface area contributed by atoms with E-state index in [1.54, 1.807) is 0 Å². The van der Waals surface area contributed by atoms with Gasteiger partial charge < -0.3 is 4.48 Å². The second-order valence-electron chi connectivity index (χ2n) is 4.28. The molecule has 0 saturated carbocycles. The Labute approximate surface area is 128 Å². The van der Waals surface area contributed by atoms with E-state index in [0.717, 1.165) is 0 Å². The van der Waals surface area contributed by atoms with Gasteiger partial charge in [0.2, 0.25) is 0 Å². The van der Waals surface area contributed by atoms with Gasteiger partial charge in [0.25, 0.3) is 0 Å². The molecule has 0 bridgehead atoms. The normalized spacial score (nSPS) is 12.5. The van der Waals surface area contributed by atoms with Gasteiger partial charge in [0.15, 0.2) is 0 Å². The van der Waals surface area contributed by atoms with Gasteiger partial charge in [-0.15, -0.1) is 0 Å². The molecule has 0 aromatic heterocycles. The Morgan fingerprint density at radius 1 is 1.05 bits per heavy atom. The molecule has 0 saturated heterocycles. The summed E-state index contributed by atoms with van der Waals surface area (Å²) in [6.45, 7) is 11.7. The molecular formula is C13H22Cl2INO2. The zero-order chi connectivity index (χ0) is 14.9. The SMILES string of the molecule is CC[N+](CC)(CC)Cc1ccccc1.O=I([O-])(Cl)Cl. The van der Waals surface area contributed by atoms with Crippen LogP contribution in [0.5, 0.6) is 0 Å². The van der Waals surface area contributed by atoms with E-state index in [2.05, 4.69) is 68.9 Å². The molecule has 0 radical (unpaired) electrons. The van der Waals surface area contributed by atoms with E-state index in [-0.39, 0.29) is 0 Å². The Balaban J connectivity index is 0.000000555. The second kappa shape index (κ2) is 9.23. The summed E-state index contributed by atoms with van der Waals surface area (Å²) in [7, 11) is 8.73. The van der Waals surface area contributed by atoms with E-state index in [4.69, 9.17) is 0 Å². The number of benzene rings is 1. The van der Waals surface area contributed by atoms with Gasteiger partial charge in [-0.05, 0) is 20.8 Å². The summed E-state index contributed by atoms with van der Waals surface area (Å²) in [6, 6.07) is 10.8. The molecule has 0 fully saturated rings. The molecule has 1 rings (SSSR count). The number of hydrogen-bond acceptors (Lipinski definition) is 2. The summed E-state index contributed by atoms with van der Waals surface area (Å²) in [6.07, 6.45) is 0. The Hall–Kier alpha value is 0.250. The number of quaternary nitrogens is 1. The zero-order valence-corrected chi connectivity index (χ0v) is 15.3. The zero-order valence-electron chi connectivity index (χ0n) is 11.6. The van der Waals surface area contributed by atoms with E-state index < -0.39 is 16.6 Å². The van der Waals surface area contributed by atoms with Crippen LogP contribution in [0.1, 0.15) is 26.3 Å². The van der Waals surface area contributed by atoms with Gasteiger partial charge in [0.1, 0.15) is 6.54 Å². The molecule has 0 spiro atoms. The number of halogens is 3. The van der Waals surface area contributed by atoms with Crippen molar-refractivity contribution in [2.24, 2.45) is 0 Å². The molecule has 1 aromatic rings. The van der Waals surface area contributed by atoms with Crippen molar-refractivity contribution in [1.29, 1.82) is 0 Å². The first-order chi connectivity index (χ1) is 8.76. The molecule has 0 aliphatic carbocycles. The first-order valence-corrected chi connectivity index (χ1v) is 13.5. The predicted molar refractivity (Wildman–Crippen MR) is 88.4 cm³/mol. The van der Waals surface area contributed by atoms with Crippen LogP contribution < -0.4 is 3.44 Å². The van der Waals surface area contributed by atoms with Crippen molar-refractivity contribution >= 4 is 34.4 Å². The third-order valence-electron chi connectivity index (χ3n) is 3.37. The summed E-state index contributed by atoms with van der Waals surface area (Å²) >= 11 is -4.50. The minimum atomic E-state index is -4.50.